The number of carbonyl (C=O) groups excluding carboxylic acids is 1. The van der Waals surface area contributed by atoms with Gasteiger partial charge in [0.1, 0.15) is 0 Å². The molecule has 0 saturated heterocycles. The van der Waals surface area contributed by atoms with Gasteiger partial charge in [-0.3, -0.25) is 9.79 Å². The van der Waals surface area contributed by atoms with Gasteiger partial charge in [0.15, 0.2) is 5.96 Å². The summed E-state index contributed by atoms with van der Waals surface area (Å²) in [6, 6.07) is 23.1. The van der Waals surface area contributed by atoms with E-state index in [9.17, 15) is 4.79 Å². The normalized spacial score (nSPS) is 12.8. The third-order valence-electron chi connectivity index (χ3n) is 4.67. The first-order valence-electron chi connectivity index (χ1n) is 9.46. The molecule has 0 spiro atoms. The van der Waals surface area contributed by atoms with Crippen molar-refractivity contribution >= 4 is 29.2 Å². The topological polar surface area (TPSA) is 65.5 Å². The van der Waals surface area contributed by atoms with Gasteiger partial charge in [-0.15, -0.1) is 0 Å². The van der Waals surface area contributed by atoms with Gasteiger partial charge in [-0.1, -0.05) is 48.0 Å². The molecule has 3 N–H and O–H groups in total. The fraction of sp³-hybridized carbons (Fsp3) is 0.130. The molecule has 5 nitrogen and oxygen atoms in total. The molecular formula is C23H21ClN4O. The number of nitrogens with one attached hydrogen (secondary N) is 3. The number of nitrogens with zero attached hydrogens (tertiary/aromatic N) is 1. The van der Waals surface area contributed by atoms with Gasteiger partial charge in [0.25, 0.3) is 5.91 Å². The summed E-state index contributed by atoms with van der Waals surface area (Å²) in [5.74, 6) is 0.701. The molecule has 146 valence electrons. The van der Waals surface area contributed by atoms with Gasteiger partial charge >= 0.3 is 0 Å². The third-order valence-corrected chi connectivity index (χ3v) is 4.92. The van der Waals surface area contributed by atoms with Crippen LogP contribution >= 0.6 is 11.6 Å². The zero-order chi connectivity index (χ0) is 20.1. The van der Waals surface area contributed by atoms with E-state index in [1.54, 1.807) is 0 Å². The number of benzene rings is 3. The third kappa shape index (κ3) is 4.95. The molecule has 6 heteroatoms. The number of hydrogen-bond acceptors (Lipinski definition) is 4. The van der Waals surface area contributed by atoms with E-state index >= 15 is 0 Å². The van der Waals surface area contributed by atoms with Gasteiger partial charge in [-0.2, -0.15) is 0 Å². The van der Waals surface area contributed by atoms with E-state index in [2.05, 4.69) is 20.9 Å². The second-order valence-electron chi connectivity index (χ2n) is 6.75. The van der Waals surface area contributed by atoms with Crippen LogP contribution in [0.25, 0.3) is 11.1 Å². The zero-order valence-electron chi connectivity index (χ0n) is 15.8. The zero-order valence-corrected chi connectivity index (χ0v) is 16.5. The van der Waals surface area contributed by atoms with Crippen LogP contribution in [-0.2, 0) is 6.54 Å². The number of rotatable bonds is 5. The van der Waals surface area contributed by atoms with Crippen molar-refractivity contribution in [3.05, 3.63) is 88.9 Å². The summed E-state index contributed by atoms with van der Waals surface area (Å²) in [5, 5.41) is 10.1. The molecule has 3 aromatic carbocycles. The predicted octanol–water partition coefficient (Wildman–Crippen LogP) is 4.31. The van der Waals surface area contributed by atoms with Crippen LogP contribution < -0.4 is 16.0 Å². The second kappa shape index (κ2) is 8.80. The predicted molar refractivity (Wildman–Crippen MR) is 118 cm³/mol. The summed E-state index contributed by atoms with van der Waals surface area (Å²) in [4.78, 5) is 16.7. The minimum atomic E-state index is -0.0978. The second-order valence-corrected chi connectivity index (χ2v) is 7.18. The van der Waals surface area contributed by atoms with Crippen LogP contribution in [0.2, 0.25) is 5.02 Å². The first-order chi connectivity index (χ1) is 14.2. The molecule has 1 aliphatic heterocycles. The number of guanidine groups is 1. The maximum absolute atomic E-state index is 12.4. The van der Waals surface area contributed by atoms with Gasteiger partial charge in [0.05, 0.1) is 6.54 Å². The highest BCUT2D eigenvalue weighted by atomic mass is 35.5. The van der Waals surface area contributed by atoms with Crippen molar-refractivity contribution in [2.75, 3.05) is 18.4 Å². The molecule has 0 aromatic heterocycles. The van der Waals surface area contributed by atoms with Gasteiger partial charge in [0.2, 0.25) is 0 Å². The van der Waals surface area contributed by atoms with Crippen LogP contribution in [0.4, 0.5) is 5.69 Å². The van der Waals surface area contributed by atoms with E-state index < -0.39 is 0 Å². The molecule has 1 amide bonds. The monoisotopic (exact) mass is 404 g/mol. The quantitative estimate of drug-likeness (QED) is 0.593. The molecule has 3 aromatic rings. The molecule has 1 aliphatic rings. The Hall–Kier alpha value is -3.31. The molecule has 29 heavy (non-hydrogen) atoms. The van der Waals surface area contributed by atoms with Crippen molar-refractivity contribution in [2.45, 2.75) is 6.54 Å². The Morgan fingerprint density at radius 3 is 2.21 bits per heavy atom. The van der Waals surface area contributed by atoms with Gasteiger partial charge in [0, 0.05) is 29.4 Å². The Kier molecular flexibility index (Phi) is 5.77. The van der Waals surface area contributed by atoms with E-state index in [-0.39, 0.29) is 5.91 Å². The van der Waals surface area contributed by atoms with Gasteiger partial charge in [-0.05, 0) is 53.1 Å². The van der Waals surface area contributed by atoms with Gasteiger partial charge in [-0.25, -0.2) is 0 Å². The highest BCUT2D eigenvalue weighted by Crippen LogP contribution is 2.22. The van der Waals surface area contributed by atoms with E-state index in [0.29, 0.717) is 17.1 Å². The summed E-state index contributed by atoms with van der Waals surface area (Å²) in [5.41, 5.74) is 4.73. The Morgan fingerprint density at radius 1 is 0.931 bits per heavy atom. The fourth-order valence-electron chi connectivity index (χ4n) is 3.07. The van der Waals surface area contributed by atoms with Crippen LogP contribution in [0.5, 0.6) is 0 Å². The van der Waals surface area contributed by atoms with E-state index in [4.69, 9.17) is 11.6 Å². The maximum Gasteiger partial charge on any atom is 0.251 e. The van der Waals surface area contributed by atoms with Crippen LogP contribution in [0.15, 0.2) is 77.8 Å². The standard InChI is InChI=1S/C23H21ClN4O/c24-20-9-7-18(8-10-20)17-3-5-19(6-4-17)22(29)27-15-16-1-11-21(12-2-16)28-23-25-13-14-26-23/h1-12H,13-15H2,(H,27,29)(H2,25,26,28). The molecule has 0 unspecified atom stereocenters. The number of hydrogen-bond donors (Lipinski definition) is 3. The Morgan fingerprint density at radius 2 is 1.59 bits per heavy atom. The maximum atomic E-state index is 12.4. The van der Waals surface area contributed by atoms with E-state index in [0.717, 1.165) is 41.4 Å². The summed E-state index contributed by atoms with van der Waals surface area (Å²) < 4.78 is 0. The summed E-state index contributed by atoms with van der Waals surface area (Å²) in [6.07, 6.45) is 0. The van der Waals surface area contributed by atoms with E-state index in [1.807, 2.05) is 72.8 Å². The van der Waals surface area contributed by atoms with Crippen molar-refractivity contribution < 1.29 is 4.79 Å². The first kappa shape index (κ1) is 19.0. The fourth-order valence-corrected chi connectivity index (χ4v) is 3.19. The largest absolute Gasteiger partial charge is 0.354 e. The van der Waals surface area contributed by atoms with Crippen LogP contribution in [0.3, 0.4) is 0 Å². The highest BCUT2D eigenvalue weighted by molar-refractivity contribution is 6.30. The molecule has 1 heterocycles. The lowest BCUT2D eigenvalue weighted by atomic mass is 10.0. The number of aliphatic imine (C=N–C) groups is 1. The van der Waals surface area contributed by atoms with Crippen molar-refractivity contribution in [3.63, 3.8) is 0 Å². The number of amides is 1. The lowest BCUT2D eigenvalue weighted by Crippen LogP contribution is -2.26. The minimum absolute atomic E-state index is 0.0978. The molecule has 0 fully saturated rings. The van der Waals surface area contributed by atoms with Crippen LogP contribution in [-0.4, -0.2) is 25.0 Å². The smallest absolute Gasteiger partial charge is 0.251 e. The molecule has 0 radical (unpaired) electrons. The van der Waals surface area contributed by atoms with Crippen molar-refractivity contribution in [2.24, 2.45) is 4.99 Å². The summed E-state index contributed by atoms with van der Waals surface area (Å²) in [6.45, 7) is 2.14. The average Bonchev–Trinajstić information content (AvgIpc) is 3.27. The van der Waals surface area contributed by atoms with Crippen LogP contribution in [0, 0.1) is 0 Å². The Balaban J connectivity index is 1.32. The minimum Gasteiger partial charge on any atom is -0.354 e. The van der Waals surface area contributed by atoms with Gasteiger partial charge < -0.3 is 16.0 Å². The molecule has 0 bridgehead atoms. The number of carbonyl (C=O) groups is 1. The summed E-state index contributed by atoms with van der Waals surface area (Å²) in [7, 11) is 0. The van der Waals surface area contributed by atoms with E-state index in [1.165, 1.54) is 0 Å². The molecule has 0 aliphatic carbocycles. The molecule has 0 atom stereocenters. The average molecular weight is 405 g/mol. The lowest BCUT2D eigenvalue weighted by Gasteiger charge is -2.09. The first-order valence-corrected chi connectivity index (χ1v) is 9.84. The molecular weight excluding hydrogens is 384 g/mol. The number of anilines is 1. The van der Waals surface area contributed by atoms with Crippen molar-refractivity contribution in [1.29, 1.82) is 0 Å². The molecule has 4 rings (SSSR count). The lowest BCUT2D eigenvalue weighted by molar-refractivity contribution is 0.0951. The highest BCUT2D eigenvalue weighted by Gasteiger charge is 2.07. The summed E-state index contributed by atoms with van der Waals surface area (Å²) >= 11 is 5.93. The van der Waals surface area contributed by atoms with Crippen molar-refractivity contribution in [1.82, 2.24) is 10.6 Å². The van der Waals surface area contributed by atoms with Crippen molar-refractivity contribution in [3.8, 4) is 11.1 Å². The van der Waals surface area contributed by atoms with Crippen LogP contribution in [0.1, 0.15) is 15.9 Å². The Labute approximate surface area is 174 Å². The SMILES string of the molecule is O=C(NCc1ccc(NC2=NCCN2)cc1)c1ccc(-c2ccc(Cl)cc2)cc1. The Bertz CT molecular complexity index is 1010. The number of halogens is 1. The molecule has 0 saturated carbocycles.